The summed E-state index contributed by atoms with van der Waals surface area (Å²) in [6.07, 6.45) is -0.460. The van der Waals surface area contributed by atoms with Gasteiger partial charge in [0.2, 0.25) is 0 Å². The fourth-order valence-electron chi connectivity index (χ4n) is 1.98. The Kier molecular flexibility index (Phi) is 6.50. The summed E-state index contributed by atoms with van der Waals surface area (Å²) in [7, 11) is 0. The lowest BCUT2D eigenvalue weighted by molar-refractivity contribution is -0.385. The molecule has 0 radical (unpaired) electrons. The van der Waals surface area contributed by atoms with E-state index in [0.717, 1.165) is 5.56 Å². The standard InChI is InChI=1S/C16H25N3O4/c1-11-6-7-13(10-14(11)19(21)22)12(2)17-8-9-18-15(20)23-16(3,4)5/h6-7,10,12,17H,8-9H2,1-5H3,(H,18,20). The highest BCUT2D eigenvalue weighted by atomic mass is 16.6. The molecular weight excluding hydrogens is 298 g/mol. The van der Waals surface area contributed by atoms with Gasteiger partial charge in [0.05, 0.1) is 4.92 Å². The van der Waals surface area contributed by atoms with Crippen molar-refractivity contribution in [3.8, 4) is 0 Å². The molecule has 1 aromatic carbocycles. The van der Waals surface area contributed by atoms with Gasteiger partial charge in [-0.05, 0) is 40.2 Å². The summed E-state index contributed by atoms with van der Waals surface area (Å²) >= 11 is 0. The smallest absolute Gasteiger partial charge is 0.407 e. The molecule has 2 N–H and O–H groups in total. The number of alkyl carbamates (subject to hydrolysis) is 1. The molecule has 1 unspecified atom stereocenters. The summed E-state index contributed by atoms with van der Waals surface area (Å²) in [5, 5.41) is 16.8. The summed E-state index contributed by atoms with van der Waals surface area (Å²) < 4.78 is 5.13. The first-order valence-electron chi connectivity index (χ1n) is 7.55. The van der Waals surface area contributed by atoms with Crippen molar-refractivity contribution < 1.29 is 14.5 Å². The van der Waals surface area contributed by atoms with E-state index >= 15 is 0 Å². The molecule has 0 heterocycles. The van der Waals surface area contributed by atoms with Crippen LogP contribution in [-0.4, -0.2) is 29.7 Å². The zero-order chi connectivity index (χ0) is 17.6. The van der Waals surface area contributed by atoms with Crippen LogP contribution in [0.5, 0.6) is 0 Å². The number of amides is 1. The van der Waals surface area contributed by atoms with Crippen molar-refractivity contribution in [3.63, 3.8) is 0 Å². The SMILES string of the molecule is Cc1ccc(C(C)NCCNC(=O)OC(C)(C)C)cc1[N+](=O)[O-]. The maximum Gasteiger partial charge on any atom is 0.407 e. The Morgan fingerprint density at radius 3 is 2.57 bits per heavy atom. The number of rotatable bonds is 6. The highest BCUT2D eigenvalue weighted by molar-refractivity contribution is 5.67. The van der Waals surface area contributed by atoms with E-state index < -0.39 is 11.7 Å². The first-order valence-corrected chi connectivity index (χ1v) is 7.55. The highest BCUT2D eigenvalue weighted by Gasteiger charge is 2.16. The Bertz CT molecular complexity index is 567. The van der Waals surface area contributed by atoms with E-state index in [1.165, 1.54) is 0 Å². The van der Waals surface area contributed by atoms with Crippen molar-refractivity contribution in [3.05, 3.63) is 39.4 Å². The molecular formula is C16H25N3O4. The molecule has 0 aromatic heterocycles. The Hall–Kier alpha value is -2.15. The number of carbonyl (C=O) groups is 1. The number of nitrogens with one attached hydrogen (secondary N) is 2. The van der Waals surface area contributed by atoms with Gasteiger partial charge in [0.25, 0.3) is 5.69 Å². The quantitative estimate of drug-likeness (QED) is 0.477. The molecule has 23 heavy (non-hydrogen) atoms. The molecule has 1 aromatic rings. The van der Waals surface area contributed by atoms with Crippen molar-refractivity contribution in [2.24, 2.45) is 0 Å². The van der Waals surface area contributed by atoms with Crippen LogP contribution in [0, 0.1) is 17.0 Å². The number of hydrogen-bond acceptors (Lipinski definition) is 5. The Morgan fingerprint density at radius 2 is 2.00 bits per heavy atom. The number of ether oxygens (including phenoxy) is 1. The predicted molar refractivity (Wildman–Crippen MR) is 88.5 cm³/mol. The zero-order valence-electron chi connectivity index (χ0n) is 14.3. The number of hydrogen-bond donors (Lipinski definition) is 2. The molecule has 1 amide bonds. The molecule has 0 aliphatic rings. The summed E-state index contributed by atoms with van der Waals surface area (Å²) in [6.45, 7) is 9.98. The zero-order valence-corrected chi connectivity index (χ0v) is 14.3. The van der Waals surface area contributed by atoms with Gasteiger partial charge in [0.1, 0.15) is 5.60 Å². The lowest BCUT2D eigenvalue weighted by Gasteiger charge is -2.20. The van der Waals surface area contributed by atoms with Gasteiger partial charge < -0.3 is 15.4 Å². The van der Waals surface area contributed by atoms with Gasteiger partial charge in [-0.3, -0.25) is 10.1 Å². The predicted octanol–water partition coefficient (Wildman–Crippen LogP) is 3.08. The molecule has 0 aliphatic heterocycles. The first kappa shape index (κ1) is 18.9. The lowest BCUT2D eigenvalue weighted by Crippen LogP contribution is -2.36. The third-order valence-corrected chi connectivity index (χ3v) is 3.17. The first-order chi connectivity index (χ1) is 10.6. The molecule has 1 atom stereocenters. The molecule has 7 heteroatoms. The largest absolute Gasteiger partial charge is 0.444 e. The molecule has 128 valence electrons. The van der Waals surface area contributed by atoms with E-state index in [-0.39, 0.29) is 16.7 Å². The average Bonchev–Trinajstić information content (AvgIpc) is 2.41. The Morgan fingerprint density at radius 1 is 1.35 bits per heavy atom. The van der Waals surface area contributed by atoms with Crippen LogP contribution < -0.4 is 10.6 Å². The van der Waals surface area contributed by atoms with Gasteiger partial charge in [-0.2, -0.15) is 0 Å². The van der Waals surface area contributed by atoms with E-state index in [1.807, 2.05) is 13.0 Å². The van der Waals surface area contributed by atoms with Crippen LogP contribution in [0.3, 0.4) is 0 Å². The van der Waals surface area contributed by atoms with Crippen molar-refractivity contribution in [2.75, 3.05) is 13.1 Å². The number of nitrogens with zero attached hydrogens (tertiary/aromatic N) is 1. The van der Waals surface area contributed by atoms with E-state index in [9.17, 15) is 14.9 Å². The van der Waals surface area contributed by atoms with E-state index in [0.29, 0.717) is 18.7 Å². The van der Waals surface area contributed by atoms with Gasteiger partial charge in [0, 0.05) is 30.8 Å². The molecule has 0 fully saturated rings. The van der Waals surface area contributed by atoms with Crippen LogP contribution in [0.25, 0.3) is 0 Å². The molecule has 0 saturated heterocycles. The number of nitro benzene ring substituents is 1. The minimum Gasteiger partial charge on any atom is -0.444 e. The van der Waals surface area contributed by atoms with E-state index in [4.69, 9.17) is 4.74 Å². The minimum atomic E-state index is -0.522. The summed E-state index contributed by atoms with van der Waals surface area (Å²) in [4.78, 5) is 22.1. The maximum atomic E-state index is 11.5. The number of carbonyl (C=O) groups excluding carboxylic acids is 1. The molecule has 0 spiro atoms. The third-order valence-electron chi connectivity index (χ3n) is 3.17. The average molecular weight is 323 g/mol. The van der Waals surface area contributed by atoms with Crippen LogP contribution in [-0.2, 0) is 4.74 Å². The van der Waals surface area contributed by atoms with Gasteiger partial charge in [-0.15, -0.1) is 0 Å². The van der Waals surface area contributed by atoms with Gasteiger partial charge >= 0.3 is 6.09 Å². The number of aryl methyl sites for hydroxylation is 1. The Labute approximate surface area is 136 Å². The highest BCUT2D eigenvalue weighted by Crippen LogP contribution is 2.22. The van der Waals surface area contributed by atoms with Crippen LogP contribution in [0.1, 0.15) is 44.9 Å². The summed E-state index contributed by atoms with van der Waals surface area (Å²) in [5.41, 5.74) is 1.06. The summed E-state index contributed by atoms with van der Waals surface area (Å²) in [5.74, 6) is 0. The topological polar surface area (TPSA) is 93.5 Å². The fraction of sp³-hybridized carbons (Fsp3) is 0.562. The lowest BCUT2D eigenvalue weighted by atomic mass is 10.0. The van der Waals surface area contributed by atoms with Gasteiger partial charge in [0.15, 0.2) is 0 Å². The van der Waals surface area contributed by atoms with Crippen molar-refractivity contribution in [1.82, 2.24) is 10.6 Å². The normalized spacial score (nSPS) is 12.6. The molecule has 1 rings (SSSR count). The second-order valence-electron chi connectivity index (χ2n) is 6.41. The summed E-state index contributed by atoms with van der Waals surface area (Å²) in [6, 6.07) is 5.12. The van der Waals surface area contributed by atoms with Crippen LogP contribution >= 0.6 is 0 Å². The number of nitro groups is 1. The maximum absolute atomic E-state index is 11.5. The van der Waals surface area contributed by atoms with E-state index in [2.05, 4.69) is 10.6 Å². The molecule has 0 bridgehead atoms. The third kappa shape index (κ3) is 6.65. The molecule has 0 saturated carbocycles. The van der Waals surface area contributed by atoms with Crippen LogP contribution in [0.2, 0.25) is 0 Å². The monoisotopic (exact) mass is 323 g/mol. The molecule has 0 aliphatic carbocycles. The molecule has 7 nitrogen and oxygen atoms in total. The second kappa shape index (κ2) is 7.92. The van der Waals surface area contributed by atoms with Crippen molar-refractivity contribution in [1.29, 1.82) is 0 Å². The Balaban J connectivity index is 2.46. The van der Waals surface area contributed by atoms with Crippen molar-refractivity contribution in [2.45, 2.75) is 46.3 Å². The van der Waals surface area contributed by atoms with Crippen LogP contribution in [0.15, 0.2) is 18.2 Å². The van der Waals surface area contributed by atoms with E-state index in [1.54, 1.807) is 39.8 Å². The fourth-order valence-corrected chi connectivity index (χ4v) is 1.98. The van der Waals surface area contributed by atoms with Crippen LogP contribution in [0.4, 0.5) is 10.5 Å². The minimum absolute atomic E-state index is 0.0604. The van der Waals surface area contributed by atoms with Gasteiger partial charge in [-0.25, -0.2) is 4.79 Å². The van der Waals surface area contributed by atoms with Gasteiger partial charge in [-0.1, -0.05) is 12.1 Å². The van der Waals surface area contributed by atoms with Crippen molar-refractivity contribution >= 4 is 11.8 Å². The second-order valence-corrected chi connectivity index (χ2v) is 6.41. The number of benzene rings is 1.